The Bertz CT molecular complexity index is 328. The molecule has 0 aromatic rings. The molecule has 0 heterocycles. The van der Waals surface area contributed by atoms with Crippen molar-refractivity contribution in [3.8, 4) is 0 Å². The van der Waals surface area contributed by atoms with Crippen molar-refractivity contribution in [2.75, 3.05) is 0 Å². The van der Waals surface area contributed by atoms with E-state index in [1.54, 1.807) is 6.08 Å². The van der Waals surface area contributed by atoms with Gasteiger partial charge in [-0.2, -0.15) is 10.2 Å². The average Bonchev–Trinajstić information content (AvgIpc) is 2.27. The normalized spacial score (nSPS) is 14.6. The van der Waals surface area contributed by atoms with Crippen molar-refractivity contribution in [1.29, 1.82) is 0 Å². The predicted molar refractivity (Wildman–Crippen MR) is 66.5 cm³/mol. The van der Waals surface area contributed by atoms with Crippen LogP contribution >= 0.6 is 0 Å². The van der Waals surface area contributed by atoms with Crippen molar-refractivity contribution in [3.05, 3.63) is 60.5 Å². The molecule has 2 nitrogen and oxygen atoms in total. The largest absolute Gasteiger partial charge is 0.151 e. The van der Waals surface area contributed by atoms with Crippen molar-refractivity contribution in [3.63, 3.8) is 0 Å². The van der Waals surface area contributed by atoms with Gasteiger partial charge in [-0.1, -0.05) is 37.0 Å². The molecule has 0 atom stereocenters. The van der Waals surface area contributed by atoms with Gasteiger partial charge in [0.05, 0.1) is 11.4 Å². The summed E-state index contributed by atoms with van der Waals surface area (Å²) in [5.74, 6) is 0. The summed E-state index contributed by atoms with van der Waals surface area (Å²) in [7, 11) is 0. The Kier molecular flexibility index (Phi) is 7.87. The van der Waals surface area contributed by atoms with E-state index >= 15 is 0 Å². The Balaban J connectivity index is 4.61. The number of azo groups is 1. The van der Waals surface area contributed by atoms with Gasteiger partial charge in [0.25, 0.3) is 0 Å². The van der Waals surface area contributed by atoms with Crippen LogP contribution in [-0.2, 0) is 0 Å². The summed E-state index contributed by atoms with van der Waals surface area (Å²) in [6, 6.07) is 0. The van der Waals surface area contributed by atoms with Gasteiger partial charge in [0, 0.05) is 0 Å². The molecule has 0 fully saturated rings. The van der Waals surface area contributed by atoms with Crippen LogP contribution in [0.4, 0.5) is 0 Å². The number of allylic oxidation sites excluding steroid dienone is 7. The van der Waals surface area contributed by atoms with Crippen LogP contribution in [0, 0.1) is 0 Å². The van der Waals surface area contributed by atoms with Crippen LogP contribution in [0.15, 0.2) is 70.7 Å². The highest BCUT2D eigenvalue weighted by Gasteiger charge is 1.87. The van der Waals surface area contributed by atoms with Crippen molar-refractivity contribution >= 4 is 0 Å². The lowest BCUT2D eigenvalue weighted by Crippen LogP contribution is -1.72. The van der Waals surface area contributed by atoms with E-state index in [1.807, 2.05) is 57.2 Å². The van der Waals surface area contributed by atoms with E-state index in [4.69, 9.17) is 0 Å². The fourth-order valence-electron chi connectivity index (χ4n) is 0.827. The summed E-state index contributed by atoms with van der Waals surface area (Å²) in [5, 5.41) is 8.20. The molecule has 0 spiro atoms. The lowest BCUT2D eigenvalue weighted by atomic mass is 10.3. The van der Waals surface area contributed by atoms with Gasteiger partial charge >= 0.3 is 0 Å². The first kappa shape index (κ1) is 13.3. The summed E-state index contributed by atoms with van der Waals surface area (Å²) in [6.45, 7) is 9.41. The molecule has 0 saturated heterocycles. The second kappa shape index (κ2) is 8.88. The average molecular weight is 202 g/mol. The molecule has 80 valence electrons. The number of rotatable bonds is 5. The SMILES string of the molecule is C=C\C=C/C(=C\C)/N=N/C(/C=C\C)=C/C. The Morgan fingerprint density at radius 3 is 1.87 bits per heavy atom. The minimum atomic E-state index is 0.818. The van der Waals surface area contributed by atoms with Crippen molar-refractivity contribution < 1.29 is 0 Å². The van der Waals surface area contributed by atoms with Crippen LogP contribution in [-0.4, -0.2) is 0 Å². The first-order valence-electron chi connectivity index (χ1n) is 4.94. The van der Waals surface area contributed by atoms with Crippen LogP contribution in [0.1, 0.15) is 20.8 Å². The molecule has 0 rings (SSSR count). The smallest absolute Gasteiger partial charge is 0.0814 e. The lowest BCUT2D eigenvalue weighted by Gasteiger charge is -1.92. The zero-order valence-electron chi connectivity index (χ0n) is 9.64. The van der Waals surface area contributed by atoms with Gasteiger partial charge in [-0.15, -0.1) is 0 Å². The summed E-state index contributed by atoms with van der Waals surface area (Å²) in [4.78, 5) is 0. The Morgan fingerprint density at radius 2 is 1.47 bits per heavy atom. The van der Waals surface area contributed by atoms with Gasteiger partial charge in [0.1, 0.15) is 0 Å². The van der Waals surface area contributed by atoms with E-state index in [9.17, 15) is 0 Å². The molecule has 0 bridgehead atoms. The zero-order chi connectivity index (χ0) is 11.5. The van der Waals surface area contributed by atoms with Gasteiger partial charge in [0.15, 0.2) is 0 Å². The Morgan fingerprint density at radius 1 is 0.933 bits per heavy atom. The maximum atomic E-state index is 4.10. The van der Waals surface area contributed by atoms with Crippen LogP contribution in [0.3, 0.4) is 0 Å². The van der Waals surface area contributed by atoms with E-state index in [-0.39, 0.29) is 0 Å². The van der Waals surface area contributed by atoms with Crippen LogP contribution < -0.4 is 0 Å². The molecule has 0 aliphatic carbocycles. The number of hydrogen-bond donors (Lipinski definition) is 0. The summed E-state index contributed by atoms with van der Waals surface area (Å²) in [6.07, 6.45) is 13.1. The minimum Gasteiger partial charge on any atom is -0.151 e. The molecule has 0 aliphatic rings. The molecule has 2 heteroatoms. The van der Waals surface area contributed by atoms with Gasteiger partial charge in [-0.3, -0.25) is 0 Å². The molecule has 0 aliphatic heterocycles. The summed E-state index contributed by atoms with van der Waals surface area (Å²) < 4.78 is 0. The standard InChI is InChI=1S/C13H18N2/c1-5-9-11-13(8-4)15-14-12(7-3)10-6-2/h5-11H,1H2,2-4H3/b10-6-,11-9-,12-7+,13-8+,15-14+. The molecule has 0 unspecified atom stereocenters. The first-order chi connectivity index (χ1) is 7.28. The molecule has 0 amide bonds. The Labute approximate surface area is 92.1 Å². The van der Waals surface area contributed by atoms with Crippen molar-refractivity contribution in [2.45, 2.75) is 20.8 Å². The first-order valence-corrected chi connectivity index (χ1v) is 4.94. The van der Waals surface area contributed by atoms with E-state index in [0.29, 0.717) is 0 Å². The third-order valence-corrected chi connectivity index (χ3v) is 1.61. The molecule has 15 heavy (non-hydrogen) atoms. The minimum absolute atomic E-state index is 0.818. The van der Waals surface area contributed by atoms with Crippen LogP contribution in [0.25, 0.3) is 0 Å². The number of nitrogens with zero attached hydrogens (tertiary/aromatic N) is 2. The molecule has 0 saturated carbocycles. The van der Waals surface area contributed by atoms with Gasteiger partial charge < -0.3 is 0 Å². The van der Waals surface area contributed by atoms with Crippen LogP contribution in [0.5, 0.6) is 0 Å². The van der Waals surface area contributed by atoms with Crippen LogP contribution in [0.2, 0.25) is 0 Å². The maximum Gasteiger partial charge on any atom is 0.0814 e. The monoisotopic (exact) mass is 202 g/mol. The van der Waals surface area contributed by atoms with Gasteiger partial charge in [-0.05, 0) is 32.9 Å². The highest BCUT2D eigenvalue weighted by molar-refractivity contribution is 5.21. The second-order valence-electron chi connectivity index (χ2n) is 2.72. The van der Waals surface area contributed by atoms with Crippen molar-refractivity contribution in [1.82, 2.24) is 0 Å². The van der Waals surface area contributed by atoms with Crippen molar-refractivity contribution in [2.24, 2.45) is 10.2 Å². The molecular weight excluding hydrogens is 184 g/mol. The van der Waals surface area contributed by atoms with E-state index in [0.717, 1.165) is 11.4 Å². The fraction of sp³-hybridized carbons (Fsp3) is 0.231. The predicted octanol–water partition coefficient (Wildman–Crippen LogP) is 4.56. The summed E-state index contributed by atoms with van der Waals surface area (Å²) >= 11 is 0. The fourth-order valence-corrected chi connectivity index (χ4v) is 0.827. The summed E-state index contributed by atoms with van der Waals surface area (Å²) in [5.41, 5.74) is 1.67. The third kappa shape index (κ3) is 6.38. The van der Waals surface area contributed by atoms with Gasteiger partial charge in [0.2, 0.25) is 0 Å². The zero-order valence-corrected chi connectivity index (χ0v) is 9.64. The topological polar surface area (TPSA) is 24.7 Å². The van der Waals surface area contributed by atoms with Gasteiger partial charge in [-0.25, -0.2) is 0 Å². The number of hydrogen-bond acceptors (Lipinski definition) is 2. The molecule has 0 radical (unpaired) electrons. The maximum absolute atomic E-state index is 4.10. The highest BCUT2D eigenvalue weighted by atomic mass is 15.1. The second-order valence-corrected chi connectivity index (χ2v) is 2.72. The third-order valence-electron chi connectivity index (χ3n) is 1.61. The van der Waals surface area contributed by atoms with E-state index < -0.39 is 0 Å². The lowest BCUT2D eigenvalue weighted by molar-refractivity contribution is 1.11. The molecule has 0 N–H and O–H groups in total. The van der Waals surface area contributed by atoms with E-state index in [2.05, 4.69) is 16.8 Å². The molecule has 0 aromatic carbocycles. The quantitative estimate of drug-likeness (QED) is 0.461. The Hall–Kier alpha value is -1.70. The van der Waals surface area contributed by atoms with E-state index in [1.165, 1.54) is 0 Å². The highest BCUT2D eigenvalue weighted by Crippen LogP contribution is 2.06. The molecule has 0 aromatic heterocycles. The molecular formula is C13H18N2.